The summed E-state index contributed by atoms with van der Waals surface area (Å²) in [7, 11) is 1.74. The molecule has 0 spiro atoms. The number of H-pyrrole nitrogens is 1. The number of fused-ring (bicyclic) bond motifs is 1. The molecule has 3 rings (SSSR count). The lowest BCUT2D eigenvalue weighted by molar-refractivity contribution is 0.371. The zero-order valence-corrected chi connectivity index (χ0v) is 13.3. The first kappa shape index (κ1) is 15.1. The molecule has 0 aliphatic carbocycles. The molecule has 7 nitrogen and oxygen atoms in total. The third-order valence-electron chi connectivity index (χ3n) is 3.56. The van der Waals surface area contributed by atoms with Gasteiger partial charge in [0.25, 0.3) is 0 Å². The van der Waals surface area contributed by atoms with Crippen LogP contribution in [0, 0.1) is 6.92 Å². The highest BCUT2D eigenvalue weighted by Crippen LogP contribution is 2.17. The van der Waals surface area contributed by atoms with E-state index in [2.05, 4.69) is 55.1 Å². The first-order chi connectivity index (χ1) is 11.3. The van der Waals surface area contributed by atoms with E-state index in [9.17, 15) is 0 Å². The Kier molecular flexibility index (Phi) is 4.56. The second-order valence-electron chi connectivity index (χ2n) is 5.20. The van der Waals surface area contributed by atoms with E-state index < -0.39 is 0 Å². The number of benzene rings is 1. The molecular formula is C16H20N6O. The van der Waals surface area contributed by atoms with Crippen molar-refractivity contribution in [3.8, 4) is 0 Å². The van der Waals surface area contributed by atoms with Gasteiger partial charge in [0.1, 0.15) is 0 Å². The smallest absolute Gasteiger partial charge is 0.246 e. The van der Waals surface area contributed by atoms with Crippen molar-refractivity contribution in [1.82, 2.24) is 25.8 Å². The normalized spacial score (nSPS) is 11.8. The van der Waals surface area contributed by atoms with E-state index in [1.54, 1.807) is 14.0 Å². The molecule has 3 N–H and O–H groups in total. The first-order valence-corrected chi connectivity index (χ1v) is 7.55. The van der Waals surface area contributed by atoms with E-state index in [1.165, 1.54) is 10.9 Å². The number of hydrogen-bond acceptors (Lipinski definition) is 4. The van der Waals surface area contributed by atoms with Gasteiger partial charge in [-0.1, -0.05) is 23.4 Å². The van der Waals surface area contributed by atoms with Gasteiger partial charge in [0, 0.05) is 30.7 Å². The average molecular weight is 312 g/mol. The molecule has 0 radical (unpaired) electrons. The van der Waals surface area contributed by atoms with E-state index in [1.807, 2.05) is 6.07 Å². The fourth-order valence-corrected chi connectivity index (χ4v) is 2.45. The van der Waals surface area contributed by atoms with E-state index in [4.69, 9.17) is 4.52 Å². The Bertz CT molecular complexity index is 804. The summed E-state index contributed by atoms with van der Waals surface area (Å²) >= 11 is 0. The van der Waals surface area contributed by atoms with E-state index in [-0.39, 0.29) is 0 Å². The Labute approximate surface area is 134 Å². The van der Waals surface area contributed by atoms with Gasteiger partial charge < -0.3 is 20.1 Å². The lowest BCUT2D eigenvalue weighted by Gasteiger charge is -2.10. The van der Waals surface area contributed by atoms with Crippen LogP contribution in [0.3, 0.4) is 0 Å². The van der Waals surface area contributed by atoms with Gasteiger partial charge >= 0.3 is 0 Å². The fraction of sp³-hybridized carbons (Fsp3) is 0.312. The van der Waals surface area contributed by atoms with Crippen molar-refractivity contribution in [2.75, 3.05) is 13.6 Å². The number of nitrogens with one attached hydrogen (secondary N) is 3. The molecule has 1 aromatic carbocycles. The van der Waals surface area contributed by atoms with Crippen molar-refractivity contribution >= 4 is 16.9 Å². The Hall–Kier alpha value is -2.83. The number of guanidine groups is 1. The Morgan fingerprint density at radius 2 is 2.17 bits per heavy atom. The highest BCUT2D eigenvalue weighted by molar-refractivity contribution is 5.83. The molecule has 0 atom stereocenters. The van der Waals surface area contributed by atoms with Crippen LogP contribution in [0.25, 0.3) is 10.9 Å². The van der Waals surface area contributed by atoms with Crippen LogP contribution in [0.1, 0.15) is 17.3 Å². The molecule has 2 aromatic heterocycles. The van der Waals surface area contributed by atoms with Gasteiger partial charge in [-0.25, -0.2) is 0 Å². The lowest BCUT2D eigenvalue weighted by atomic mass is 10.1. The maximum absolute atomic E-state index is 5.06. The molecule has 0 aliphatic heterocycles. The number of rotatable bonds is 5. The van der Waals surface area contributed by atoms with Crippen molar-refractivity contribution in [2.24, 2.45) is 4.99 Å². The van der Waals surface area contributed by atoms with Crippen LogP contribution >= 0.6 is 0 Å². The minimum atomic E-state index is 0.452. The molecule has 0 bridgehead atoms. The van der Waals surface area contributed by atoms with Crippen LogP contribution in [-0.2, 0) is 13.0 Å². The standard InChI is InChI=1S/C16H20N6O/c1-11-21-15(23-22-11)10-20-16(17-2)18-8-7-12-9-19-14-6-4-3-5-13(12)14/h3-6,9,19H,7-8,10H2,1-2H3,(H2,17,18,20). The molecule has 120 valence electrons. The van der Waals surface area contributed by atoms with E-state index in [0.717, 1.165) is 18.5 Å². The van der Waals surface area contributed by atoms with E-state index in [0.29, 0.717) is 24.2 Å². The summed E-state index contributed by atoms with van der Waals surface area (Å²) in [6.45, 7) is 3.03. The lowest BCUT2D eigenvalue weighted by Crippen LogP contribution is -2.37. The number of aromatic amines is 1. The van der Waals surface area contributed by atoms with E-state index >= 15 is 0 Å². The second kappa shape index (κ2) is 6.95. The fourth-order valence-electron chi connectivity index (χ4n) is 2.45. The summed E-state index contributed by atoms with van der Waals surface area (Å²) in [5, 5.41) is 11.5. The Balaban J connectivity index is 1.50. The van der Waals surface area contributed by atoms with Crippen molar-refractivity contribution < 1.29 is 4.52 Å². The highest BCUT2D eigenvalue weighted by Gasteiger charge is 2.05. The van der Waals surface area contributed by atoms with Crippen molar-refractivity contribution in [3.05, 3.63) is 47.7 Å². The number of aliphatic imine (C=N–C) groups is 1. The van der Waals surface area contributed by atoms with Gasteiger partial charge in [-0.15, -0.1) is 0 Å². The Morgan fingerprint density at radius 3 is 2.96 bits per heavy atom. The van der Waals surface area contributed by atoms with Gasteiger partial charge in [0.15, 0.2) is 11.8 Å². The maximum atomic E-state index is 5.06. The SMILES string of the molecule is CN=C(NCCc1c[nH]c2ccccc12)NCc1nc(C)no1. The highest BCUT2D eigenvalue weighted by atomic mass is 16.5. The van der Waals surface area contributed by atoms with Gasteiger partial charge in [0.05, 0.1) is 6.54 Å². The molecule has 0 saturated heterocycles. The zero-order valence-electron chi connectivity index (χ0n) is 13.3. The van der Waals surface area contributed by atoms with Gasteiger partial charge in [-0.2, -0.15) is 4.98 Å². The summed E-state index contributed by atoms with van der Waals surface area (Å²) in [6.07, 6.45) is 2.97. The molecule has 23 heavy (non-hydrogen) atoms. The summed E-state index contributed by atoms with van der Waals surface area (Å²) in [6, 6.07) is 8.30. The molecular weight excluding hydrogens is 292 g/mol. The number of aromatic nitrogens is 3. The van der Waals surface area contributed by atoms with Crippen LogP contribution in [0.2, 0.25) is 0 Å². The monoisotopic (exact) mass is 312 g/mol. The summed E-state index contributed by atoms with van der Waals surface area (Å²) in [5.74, 6) is 1.88. The zero-order chi connectivity index (χ0) is 16.1. The predicted octanol–water partition coefficient (Wildman–Crippen LogP) is 1.77. The third-order valence-corrected chi connectivity index (χ3v) is 3.56. The molecule has 7 heteroatoms. The second-order valence-corrected chi connectivity index (χ2v) is 5.20. The quantitative estimate of drug-likeness (QED) is 0.493. The van der Waals surface area contributed by atoms with Crippen molar-refractivity contribution in [2.45, 2.75) is 19.9 Å². The van der Waals surface area contributed by atoms with Gasteiger partial charge in [-0.05, 0) is 25.0 Å². The molecule has 0 aliphatic rings. The minimum absolute atomic E-state index is 0.452. The van der Waals surface area contributed by atoms with Crippen LogP contribution in [-0.4, -0.2) is 34.7 Å². The van der Waals surface area contributed by atoms with Gasteiger partial charge in [-0.3, -0.25) is 4.99 Å². The number of para-hydroxylation sites is 1. The third kappa shape index (κ3) is 3.68. The maximum Gasteiger partial charge on any atom is 0.246 e. The van der Waals surface area contributed by atoms with Crippen molar-refractivity contribution in [1.29, 1.82) is 0 Å². The topological polar surface area (TPSA) is 91.1 Å². The average Bonchev–Trinajstić information content (AvgIpc) is 3.17. The molecule has 0 fully saturated rings. The largest absolute Gasteiger partial charge is 0.361 e. The van der Waals surface area contributed by atoms with Crippen LogP contribution in [0.15, 0.2) is 40.0 Å². The number of hydrogen-bond donors (Lipinski definition) is 3. The van der Waals surface area contributed by atoms with Crippen molar-refractivity contribution in [3.63, 3.8) is 0 Å². The molecule has 2 heterocycles. The predicted molar refractivity (Wildman–Crippen MR) is 89.2 cm³/mol. The minimum Gasteiger partial charge on any atom is -0.361 e. The molecule has 0 unspecified atom stereocenters. The molecule has 0 amide bonds. The van der Waals surface area contributed by atoms with Crippen LogP contribution in [0.4, 0.5) is 0 Å². The first-order valence-electron chi connectivity index (χ1n) is 7.55. The summed E-state index contributed by atoms with van der Waals surface area (Å²) in [4.78, 5) is 11.6. The summed E-state index contributed by atoms with van der Waals surface area (Å²) < 4.78 is 5.06. The molecule has 0 saturated carbocycles. The van der Waals surface area contributed by atoms with Gasteiger partial charge in [0.2, 0.25) is 5.89 Å². The number of aryl methyl sites for hydroxylation is 1. The van der Waals surface area contributed by atoms with Crippen LogP contribution in [0.5, 0.6) is 0 Å². The van der Waals surface area contributed by atoms with Crippen LogP contribution < -0.4 is 10.6 Å². The summed E-state index contributed by atoms with van der Waals surface area (Å²) in [5.41, 5.74) is 2.45. The number of nitrogens with zero attached hydrogens (tertiary/aromatic N) is 3. The molecule has 3 aromatic rings. The Morgan fingerprint density at radius 1 is 1.30 bits per heavy atom.